The Morgan fingerprint density at radius 2 is 1.57 bits per heavy atom. The minimum absolute atomic E-state index is 0.00792. The van der Waals surface area contributed by atoms with Gasteiger partial charge in [0.2, 0.25) is 5.91 Å². The highest BCUT2D eigenvalue weighted by Gasteiger charge is 2.45. The van der Waals surface area contributed by atoms with Gasteiger partial charge >= 0.3 is 12.1 Å². The second-order valence-corrected chi connectivity index (χ2v) is 16.1. The maximum atomic E-state index is 13.4. The fraction of sp³-hybridized carbons (Fsp3) is 0.450. The number of hydrogen-bond donors (Lipinski definition) is 3. The molecule has 5 saturated heterocycles. The van der Waals surface area contributed by atoms with Crippen LogP contribution in [0.5, 0.6) is 0 Å². The molecule has 0 aliphatic carbocycles. The molecule has 302 valence electrons. The van der Waals surface area contributed by atoms with Gasteiger partial charge in [0.15, 0.2) is 11.5 Å². The van der Waals surface area contributed by atoms with Crippen molar-refractivity contribution in [1.29, 1.82) is 0 Å². The lowest BCUT2D eigenvalue weighted by molar-refractivity contribution is -0.122. The van der Waals surface area contributed by atoms with Crippen molar-refractivity contribution in [3.8, 4) is 0 Å². The number of fused-ring (bicyclic) bond motifs is 1. The summed E-state index contributed by atoms with van der Waals surface area (Å²) in [4.78, 5) is 95.3. The molecule has 0 unspecified atom stereocenters. The molecule has 9 rings (SSSR count). The summed E-state index contributed by atoms with van der Waals surface area (Å²) < 4.78 is 0. The molecule has 8 amide bonds. The van der Waals surface area contributed by atoms with E-state index >= 15 is 0 Å². The third-order valence-electron chi connectivity index (χ3n) is 12.6. The number of primary amides is 1. The molecule has 6 aliphatic rings. The van der Waals surface area contributed by atoms with Crippen LogP contribution in [-0.2, 0) is 4.79 Å². The zero-order chi connectivity index (χ0) is 40.3. The molecule has 0 radical (unpaired) electrons. The van der Waals surface area contributed by atoms with Crippen LogP contribution in [0.15, 0.2) is 48.7 Å². The Bertz CT molecular complexity index is 2210. The van der Waals surface area contributed by atoms with E-state index in [9.17, 15) is 28.8 Å². The number of anilines is 5. The van der Waals surface area contributed by atoms with E-state index in [1.807, 2.05) is 30.1 Å². The maximum absolute atomic E-state index is 13.4. The number of hydrazine groups is 1. The summed E-state index contributed by atoms with van der Waals surface area (Å²) in [6.07, 6.45) is 6.41. The lowest BCUT2D eigenvalue weighted by Crippen LogP contribution is -2.58. The van der Waals surface area contributed by atoms with Crippen LogP contribution in [0.2, 0.25) is 0 Å². The van der Waals surface area contributed by atoms with Crippen LogP contribution >= 0.6 is 0 Å². The molecular weight excluding hydrogens is 745 g/mol. The largest absolute Gasteiger partial charge is 0.371 e. The number of piperidine rings is 2. The van der Waals surface area contributed by atoms with E-state index in [1.165, 1.54) is 0 Å². The quantitative estimate of drug-likeness (QED) is 0.282. The summed E-state index contributed by atoms with van der Waals surface area (Å²) in [7, 11) is 1.82. The van der Waals surface area contributed by atoms with E-state index in [0.717, 1.165) is 98.5 Å². The number of imide groups is 2. The smallest absolute Gasteiger partial charge is 0.343 e. The van der Waals surface area contributed by atoms with Crippen LogP contribution in [0.1, 0.15) is 69.7 Å². The van der Waals surface area contributed by atoms with E-state index in [-0.39, 0.29) is 53.1 Å². The molecule has 0 saturated carbocycles. The van der Waals surface area contributed by atoms with Gasteiger partial charge in [-0.2, -0.15) is 5.01 Å². The van der Waals surface area contributed by atoms with Crippen molar-refractivity contribution in [2.45, 2.75) is 44.6 Å². The predicted molar refractivity (Wildman–Crippen MR) is 213 cm³/mol. The zero-order valence-electron chi connectivity index (χ0n) is 32.4. The van der Waals surface area contributed by atoms with Gasteiger partial charge in [-0.15, -0.1) is 0 Å². The lowest BCUT2D eigenvalue weighted by Gasteiger charge is -2.40. The predicted octanol–water partition coefficient (Wildman–Crippen LogP) is 2.61. The average molecular weight is 791 g/mol. The van der Waals surface area contributed by atoms with Crippen molar-refractivity contribution in [3.63, 3.8) is 0 Å². The molecule has 3 aromatic rings. The standard InChI is InChI=1S/C40H46N12O6/c1-46-19-20-50(39(46)58)28-3-2-14-48(23-28)31-22-42-33(34(41)54)35(44-31)43-25-4-6-26(7-5-25)47-16-11-40(12-17-47)13-18-49(24-40)27-8-9-29-30(21-27)37(56)52(36(29)55)51-15-10-32(53)45-38(51)57/h4-9,21-22,28H,2-3,10-20,23-24H2,1H3,(H2,41,54)(H,43,44)(H,45,53,57)/t28-/m0/s1. The van der Waals surface area contributed by atoms with Crippen molar-refractivity contribution in [2.24, 2.45) is 11.1 Å². The highest BCUT2D eigenvalue weighted by molar-refractivity contribution is 6.22. The van der Waals surface area contributed by atoms with Crippen LogP contribution in [0.3, 0.4) is 0 Å². The van der Waals surface area contributed by atoms with Crippen LogP contribution in [0, 0.1) is 5.41 Å². The second-order valence-electron chi connectivity index (χ2n) is 16.1. The summed E-state index contributed by atoms with van der Waals surface area (Å²) >= 11 is 0. The minimum Gasteiger partial charge on any atom is -0.371 e. The first-order valence-electron chi connectivity index (χ1n) is 19.9. The monoisotopic (exact) mass is 790 g/mol. The number of likely N-dealkylation sites (N-methyl/N-ethyl adjacent to an activating group) is 1. The molecule has 58 heavy (non-hydrogen) atoms. The molecule has 5 fully saturated rings. The number of rotatable bonds is 8. The Kier molecular flexibility index (Phi) is 9.27. The van der Waals surface area contributed by atoms with Crippen molar-refractivity contribution in [2.75, 3.05) is 86.0 Å². The number of nitrogens with two attached hydrogens (primary N) is 1. The number of amides is 8. The van der Waals surface area contributed by atoms with Gasteiger partial charge < -0.3 is 35.6 Å². The first-order valence-corrected chi connectivity index (χ1v) is 19.9. The summed E-state index contributed by atoms with van der Waals surface area (Å²) in [5.74, 6) is -1.36. The maximum Gasteiger partial charge on any atom is 0.343 e. The van der Waals surface area contributed by atoms with E-state index < -0.39 is 29.7 Å². The number of nitrogens with one attached hydrogen (secondary N) is 2. The fourth-order valence-electron chi connectivity index (χ4n) is 9.30. The Labute approximate surface area is 334 Å². The van der Waals surface area contributed by atoms with Gasteiger partial charge in [0.1, 0.15) is 5.82 Å². The summed E-state index contributed by atoms with van der Waals surface area (Å²) in [6, 6.07) is 12.7. The van der Waals surface area contributed by atoms with Gasteiger partial charge in [0.25, 0.3) is 17.7 Å². The normalized spacial score (nSPS) is 22.1. The van der Waals surface area contributed by atoms with E-state index in [4.69, 9.17) is 10.7 Å². The Morgan fingerprint density at radius 1 is 0.845 bits per heavy atom. The number of aromatic nitrogens is 2. The Morgan fingerprint density at radius 3 is 2.28 bits per heavy atom. The number of hydrogen-bond acceptors (Lipinski definition) is 12. The number of carbonyl (C=O) groups excluding carboxylic acids is 6. The number of benzene rings is 2. The number of nitrogens with zero attached hydrogens (tertiary/aromatic N) is 9. The average Bonchev–Trinajstić information content (AvgIpc) is 3.87. The molecule has 7 heterocycles. The zero-order valence-corrected chi connectivity index (χ0v) is 32.4. The summed E-state index contributed by atoms with van der Waals surface area (Å²) in [6.45, 7) is 6.20. The highest BCUT2D eigenvalue weighted by atomic mass is 16.2. The van der Waals surface area contributed by atoms with Gasteiger partial charge in [-0.05, 0) is 80.0 Å². The van der Waals surface area contributed by atoms with Gasteiger partial charge in [-0.1, -0.05) is 0 Å². The molecule has 6 aliphatic heterocycles. The molecule has 18 nitrogen and oxygen atoms in total. The number of carbonyl (C=O) groups is 6. The summed E-state index contributed by atoms with van der Waals surface area (Å²) in [5.41, 5.74) is 9.07. The third-order valence-corrected chi connectivity index (χ3v) is 12.6. The summed E-state index contributed by atoms with van der Waals surface area (Å²) in [5, 5.41) is 7.30. The lowest BCUT2D eigenvalue weighted by atomic mass is 9.77. The van der Waals surface area contributed by atoms with Crippen LogP contribution in [-0.4, -0.2) is 137 Å². The van der Waals surface area contributed by atoms with Crippen molar-refractivity contribution >= 4 is 64.4 Å². The van der Waals surface area contributed by atoms with Crippen LogP contribution < -0.4 is 31.1 Å². The van der Waals surface area contributed by atoms with E-state index in [2.05, 4.69) is 42.5 Å². The SMILES string of the molecule is CN1CCN([C@H]2CCCN(c3cnc(C(N)=O)c(Nc4ccc(N5CCC6(CC5)CCN(c5ccc7c(c5)C(=O)N(N5CCC(=O)NC5=O)C7=O)C6)cc4)n3)C2)C1=O. The van der Waals surface area contributed by atoms with Crippen molar-refractivity contribution in [1.82, 2.24) is 35.1 Å². The fourth-order valence-corrected chi connectivity index (χ4v) is 9.30. The molecule has 2 aromatic carbocycles. The topological polar surface area (TPSA) is 201 Å². The molecule has 1 aromatic heterocycles. The van der Waals surface area contributed by atoms with Crippen LogP contribution in [0.4, 0.5) is 38.3 Å². The Hall–Kier alpha value is -6.46. The van der Waals surface area contributed by atoms with Crippen molar-refractivity contribution < 1.29 is 28.8 Å². The first kappa shape index (κ1) is 37.1. The molecule has 18 heteroatoms. The van der Waals surface area contributed by atoms with E-state index in [1.54, 1.807) is 23.2 Å². The molecule has 1 spiro atoms. The number of urea groups is 2. The molecular formula is C40H46N12O6. The van der Waals surface area contributed by atoms with Crippen molar-refractivity contribution in [3.05, 3.63) is 65.5 Å². The van der Waals surface area contributed by atoms with E-state index in [0.29, 0.717) is 18.9 Å². The third kappa shape index (κ3) is 6.64. The highest BCUT2D eigenvalue weighted by Crippen LogP contribution is 2.43. The Balaban J connectivity index is 0.819. The van der Waals surface area contributed by atoms with Gasteiger partial charge in [-0.25, -0.2) is 24.6 Å². The van der Waals surface area contributed by atoms with Gasteiger partial charge in [-0.3, -0.25) is 24.5 Å². The van der Waals surface area contributed by atoms with Gasteiger partial charge in [0, 0.05) is 82.9 Å². The van der Waals surface area contributed by atoms with Crippen LogP contribution in [0.25, 0.3) is 0 Å². The minimum atomic E-state index is -0.782. The first-order chi connectivity index (χ1) is 28.0. The molecule has 0 bridgehead atoms. The molecule has 1 atom stereocenters. The molecule has 4 N–H and O–H groups in total. The van der Waals surface area contributed by atoms with Gasteiger partial charge in [0.05, 0.1) is 29.9 Å². The second kappa shape index (κ2) is 14.5.